The maximum Gasteiger partial charge on any atom is 0.315 e. The largest absolute Gasteiger partial charge is 0.335 e. The van der Waals surface area contributed by atoms with Gasteiger partial charge in [-0.1, -0.05) is 18.6 Å². The minimum absolute atomic E-state index is 0.0995. The van der Waals surface area contributed by atoms with Crippen molar-refractivity contribution < 1.29 is 9.59 Å². The molecule has 0 aromatic heterocycles. The Hall–Kier alpha value is -2.04. The summed E-state index contributed by atoms with van der Waals surface area (Å²) in [6.45, 7) is 4.06. The fourth-order valence-electron chi connectivity index (χ4n) is 4.42. The zero-order valence-electron chi connectivity index (χ0n) is 14.5. The number of rotatable bonds is 5. The topological polar surface area (TPSA) is 70.2 Å². The van der Waals surface area contributed by atoms with Crippen molar-refractivity contribution in [1.29, 1.82) is 0 Å². The quantitative estimate of drug-likeness (QED) is 0.776. The molecule has 1 aromatic rings. The van der Waals surface area contributed by atoms with Crippen molar-refractivity contribution in [2.24, 2.45) is 17.8 Å². The maximum absolute atomic E-state index is 12.2. The second kappa shape index (κ2) is 7.24. The first kappa shape index (κ1) is 16.8. The smallest absolute Gasteiger partial charge is 0.315 e. The Bertz CT molecular complexity index is 616. The van der Waals surface area contributed by atoms with Gasteiger partial charge in [0.1, 0.15) is 0 Å². The van der Waals surface area contributed by atoms with E-state index in [9.17, 15) is 9.59 Å². The second-order valence-electron chi connectivity index (χ2n) is 7.34. The van der Waals surface area contributed by atoms with E-state index in [-0.39, 0.29) is 18.0 Å². The van der Waals surface area contributed by atoms with Crippen LogP contribution in [0.15, 0.2) is 24.3 Å². The van der Waals surface area contributed by atoms with Gasteiger partial charge in [-0.25, -0.2) is 4.79 Å². The molecule has 2 saturated carbocycles. The predicted molar refractivity (Wildman–Crippen MR) is 94.5 cm³/mol. The number of fused-ring (bicyclic) bond motifs is 2. The molecule has 4 atom stereocenters. The van der Waals surface area contributed by atoms with Crippen LogP contribution in [0.2, 0.25) is 0 Å². The van der Waals surface area contributed by atoms with Crippen LogP contribution in [0.5, 0.6) is 0 Å². The SMILES string of the molecule is CC(=O)Nc1cccc(CNC(=O)N[C@H](C)[C@H]2C[C@H]3CC[C@H]2C3)c1. The van der Waals surface area contributed by atoms with Gasteiger partial charge in [0.15, 0.2) is 0 Å². The number of nitrogens with one attached hydrogen (secondary N) is 3. The molecule has 0 heterocycles. The maximum atomic E-state index is 12.2. The molecule has 24 heavy (non-hydrogen) atoms. The molecule has 5 heteroatoms. The van der Waals surface area contributed by atoms with Gasteiger partial charge in [-0.15, -0.1) is 0 Å². The molecule has 0 radical (unpaired) electrons. The molecular weight excluding hydrogens is 302 g/mol. The zero-order chi connectivity index (χ0) is 17.1. The van der Waals surface area contributed by atoms with Gasteiger partial charge in [-0.2, -0.15) is 0 Å². The lowest BCUT2D eigenvalue weighted by Gasteiger charge is -2.28. The standard InChI is InChI=1S/C19H27N3O2/c1-12(18-10-14-6-7-16(18)8-14)21-19(24)20-11-15-4-3-5-17(9-15)22-13(2)23/h3-5,9,12,14,16,18H,6-8,10-11H2,1-2H3,(H,22,23)(H2,20,21,24)/t12-,14+,16+,18-/m1/s1. The van der Waals surface area contributed by atoms with Crippen molar-refractivity contribution in [3.8, 4) is 0 Å². The van der Waals surface area contributed by atoms with Gasteiger partial charge in [0.05, 0.1) is 0 Å². The van der Waals surface area contributed by atoms with Crippen LogP contribution < -0.4 is 16.0 Å². The Balaban J connectivity index is 1.46. The Kier molecular flexibility index (Phi) is 5.07. The number of carbonyl (C=O) groups excluding carboxylic acids is 2. The van der Waals surface area contributed by atoms with Crippen molar-refractivity contribution in [1.82, 2.24) is 10.6 Å². The van der Waals surface area contributed by atoms with E-state index in [0.29, 0.717) is 12.5 Å². The highest BCUT2D eigenvalue weighted by atomic mass is 16.2. The fraction of sp³-hybridized carbons (Fsp3) is 0.579. The van der Waals surface area contributed by atoms with Crippen LogP contribution in [0.1, 0.15) is 45.1 Å². The van der Waals surface area contributed by atoms with E-state index in [1.807, 2.05) is 24.3 Å². The summed E-state index contributed by atoms with van der Waals surface area (Å²) in [4.78, 5) is 23.3. The second-order valence-corrected chi connectivity index (χ2v) is 7.34. The summed E-state index contributed by atoms with van der Waals surface area (Å²) in [6.07, 6.45) is 5.34. The van der Waals surface area contributed by atoms with Gasteiger partial charge in [0, 0.05) is 25.2 Å². The molecule has 2 fully saturated rings. The third-order valence-corrected chi connectivity index (χ3v) is 5.49. The molecule has 1 aromatic carbocycles. The third-order valence-electron chi connectivity index (χ3n) is 5.49. The highest BCUT2D eigenvalue weighted by Gasteiger charge is 2.42. The van der Waals surface area contributed by atoms with Gasteiger partial charge < -0.3 is 16.0 Å². The van der Waals surface area contributed by atoms with Crippen LogP contribution in [-0.2, 0) is 11.3 Å². The summed E-state index contributed by atoms with van der Waals surface area (Å²) in [5.74, 6) is 2.23. The molecule has 130 valence electrons. The van der Waals surface area contributed by atoms with Crippen LogP contribution in [0.4, 0.5) is 10.5 Å². The highest BCUT2D eigenvalue weighted by molar-refractivity contribution is 5.88. The summed E-state index contributed by atoms with van der Waals surface area (Å²) in [6, 6.07) is 7.63. The van der Waals surface area contributed by atoms with Crippen LogP contribution in [0.3, 0.4) is 0 Å². The van der Waals surface area contributed by atoms with E-state index in [1.54, 1.807) is 0 Å². The Morgan fingerprint density at radius 2 is 2.08 bits per heavy atom. The van der Waals surface area contributed by atoms with Gasteiger partial charge in [-0.3, -0.25) is 4.79 Å². The number of benzene rings is 1. The Morgan fingerprint density at radius 3 is 2.75 bits per heavy atom. The van der Waals surface area contributed by atoms with Gasteiger partial charge in [0.2, 0.25) is 5.91 Å². The minimum atomic E-state index is -0.116. The normalized spacial score (nSPS) is 26.0. The van der Waals surface area contributed by atoms with Crippen molar-refractivity contribution in [3.63, 3.8) is 0 Å². The van der Waals surface area contributed by atoms with E-state index >= 15 is 0 Å². The summed E-state index contributed by atoms with van der Waals surface area (Å²) < 4.78 is 0. The first-order valence-corrected chi connectivity index (χ1v) is 8.92. The lowest BCUT2D eigenvalue weighted by Crippen LogP contribution is -2.45. The van der Waals surface area contributed by atoms with Crippen molar-refractivity contribution in [3.05, 3.63) is 29.8 Å². The van der Waals surface area contributed by atoms with E-state index in [2.05, 4.69) is 22.9 Å². The molecule has 0 unspecified atom stereocenters. The predicted octanol–water partition coefficient (Wildman–Crippen LogP) is 3.27. The average molecular weight is 329 g/mol. The molecular formula is C19H27N3O2. The lowest BCUT2D eigenvalue weighted by molar-refractivity contribution is -0.114. The molecule has 0 saturated heterocycles. The molecule has 3 N–H and O–H groups in total. The van der Waals surface area contributed by atoms with Gasteiger partial charge in [0.25, 0.3) is 0 Å². The first-order chi connectivity index (χ1) is 11.5. The molecule has 2 aliphatic carbocycles. The number of amides is 3. The van der Waals surface area contributed by atoms with Crippen molar-refractivity contribution >= 4 is 17.6 Å². The van der Waals surface area contributed by atoms with E-state index in [4.69, 9.17) is 0 Å². The molecule has 0 aliphatic heterocycles. The lowest BCUT2D eigenvalue weighted by atomic mass is 9.84. The molecule has 3 amide bonds. The molecule has 0 spiro atoms. The minimum Gasteiger partial charge on any atom is -0.335 e. The van der Waals surface area contributed by atoms with E-state index < -0.39 is 0 Å². The average Bonchev–Trinajstić information content (AvgIpc) is 3.15. The van der Waals surface area contributed by atoms with Gasteiger partial charge >= 0.3 is 6.03 Å². The summed E-state index contributed by atoms with van der Waals surface area (Å²) in [5.41, 5.74) is 1.71. The number of hydrogen-bond donors (Lipinski definition) is 3. The summed E-state index contributed by atoms with van der Waals surface area (Å²) in [7, 11) is 0. The zero-order valence-corrected chi connectivity index (χ0v) is 14.5. The monoisotopic (exact) mass is 329 g/mol. The summed E-state index contributed by atoms with van der Waals surface area (Å²) in [5, 5.41) is 8.77. The number of hydrogen-bond acceptors (Lipinski definition) is 2. The van der Waals surface area contributed by atoms with Crippen LogP contribution in [-0.4, -0.2) is 18.0 Å². The van der Waals surface area contributed by atoms with Gasteiger partial charge in [-0.05, 0) is 61.6 Å². The van der Waals surface area contributed by atoms with Crippen LogP contribution in [0, 0.1) is 17.8 Å². The van der Waals surface area contributed by atoms with E-state index in [0.717, 1.165) is 23.1 Å². The molecule has 2 bridgehead atoms. The van der Waals surface area contributed by atoms with E-state index in [1.165, 1.54) is 32.6 Å². The molecule has 5 nitrogen and oxygen atoms in total. The van der Waals surface area contributed by atoms with Crippen molar-refractivity contribution in [2.45, 2.75) is 52.1 Å². The highest BCUT2D eigenvalue weighted by Crippen LogP contribution is 2.49. The molecule has 2 aliphatic rings. The van der Waals surface area contributed by atoms with Crippen LogP contribution in [0.25, 0.3) is 0 Å². The number of urea groups is 1. The summed E-state index contributed by atoms with van der Waals surface area (Å²) >= 11 is 0. The number of anilines is 1. The fourth-order valence-corrected chi connectivity index (χ4v) is 4.42. The first-order valence-electron chi connectivity index (χ1n) is 8.92. The third kappa shape index (κ3) is 4.08. The van der Waals surface area contributed by atoms with Crippen molar-refractivity contribution in [2.75, 3.05) is 5.32 Å². The Labute approximate surface area is 143 Å². The Morgan fingerprint density at radius 1 is 1.25 bits per heavy atom. The molecule has 3 rings (SSSR count). The number of carbonyl (C=O) groups is 2. The van der Waals surface area contributed by atoms with Crippen LogP contribution >= 0.6 is 0 Å².